The zero-order valence-corrected chi connectivity index (χ0v) is 12.8. The molecular weight excluding hydrogens is 300 g/mol. The van der Waals surface area contributed by atoms with Crippen LogP contribution < -0.4 is 10.1 Å². The molecule has 1 aromatic carbocycles. The molecule has 1 heterocycles. The maximum absolute atomic E-state index is 12.4. The highest BCUT2D eigenvalue weighted by Gasteiger charge is 2.20. The molecule has 0 spiro atoms. The minimum absolute atomic E-state index is 0.210. The molecule has 1 aromatic heterocycles. The number of para-hydroxylation sites is 1. The molecule has 2 aromatic rings. The number of aromatic nitrogens is 1. The molecule has 5 heteroatoms. The monoisotopic (exact) mass is 316 g/mol. The highest BCUT2D eigenvalue weighted by molar-refractivity contribution is 6.29. The number of carbonyl (C=O) groups excluding carboxylic acids is 1. The van der Waals surface area contributed by atoms with Gasteiger partial charge in [-0.1, -0.05) is 23.7 Å². The predicted octanol–water partition coefficient (Wildman–Crippen LogP) is 4.31. The first kappa shape index (κ1) is 14.9. The number of halogens is 1. The molecule has 22 heavy (non-hydrogen) atoms. The van der Waals surface area contributed by atoms with Gasteiger partial charge < -0.3 is 10.1 Å². The summed E-state index contributed by atoms with van der Waals surface area (Å²) in [5.41, 5.74) is 1.13. The maximum atomic E-state index is 12.4. The van der Waals surface area contributed by atoms with E-state index in [1.165, 1.54) is 19.0 Å². The van der Waals surface area contributed by atoms with Gasteiger partial charge >= 0.3 is 0 Å². The summed E-state index contributed by atoms with van der Waals surface area (Å²) in [6.45, 7) is 0. The standard InChI is InChI=1S/C17H17ClN2O2/c18-16-10-9-12(11-19-16)20-17(21)14-7-3-4-8-15(14)22-13-5-1-2-6-13/h3-4,7-11,13H,1-2,5-6H2,(H,20,21). The average molecular weight is 317 g/mol. The van der Waals surface area contributed by atoms with Crippen LogP contribution in [0.1, 0.15) is 36.0 Å². The number of benzene rings is 1. The van der Waals surface area contributed by atoms with E-state index in [0.29, 0.717) is 22.2 Å². The largest absolute Gasteiger partial charge is 0.490 e. The van der Waals surface area contributed by atoms with Gasteiger partial charge in [0.25, 0.3) is 5.91 Å². The third kappa shape index (κ3) is 3.57. The minimum Gasteiger partial charge on any atom is -0.490 e. The summed E-state index contributed by atoms with van der Waals surface area (Å²) >= 11 is 5.74. The number of anilines is 1. The third-order valence-corrected chi connectivity index (χ3v) is 3.94. The topological polar surface area (TPSA) is 51.2 Å². The molecule has 0 unspecified atom stereocenters. The third-order valence-electron chi connectivity index (χ3n) is 3.71. The first-order valence-electron chi connectivity index (χ1n) is 7.41. The molecule has 4 nitrogen and oxygen atoms in total. The van der Waals surface area contributed by atoms with Crippen molar-refractivity contribution in [3.8, 4) is 5.75 Å². The van der Waals surface area contributed by atoms with Gasteiger partial charge in [-0.2, -0.15) is 0 Å². The normalized spacial score (nSPS) is 14.8. The zero-order chi connectivity index (χ0) is 15.4. The molecule has 0 aliphatic heterocycles. The lowest BCUT2D eigenvalue weighted by Crippen LogP contribution is -2.17. The number of nitrogens with one attached hydrogen (secondary N) is 1. The van der Waals surface area contributed by atoms with Gasteiger partial charge in [0.15, 0.2) is 0 Å². The van der Waals surface area contributed by atoms with Crippen LogP contribution in [0.2, 0.25) is 5.15 Å². The maximum Gasteiger partial charge on any atom is 0.259 e. The highest BCUT2D eigenvalue weighted by atomic mass is 35.5. The number of nitrogens with zero attached hydrogens (tertiary/aromatic N) is 1. The van der Waals surface area contributed by atoms with Crippen molar-refractivity contribution in [2.45, 2.75) is 31.8 Å². The van der Waals surface area contributed by atoms with Gasteiger partial charge in [-0.3, -0.25) is 4.79 Å². The molecule has 1 aliphatic carbocycles. The molecule has 1 fully saturated rings. The predicted molar refractivity (Wildman–Crippen MR) is 86.5 cm³/mol. The lowest BCUT2D eigenvalue weighted by atomic mass is 10.1. The van der Waals surface area contributed by atoms with E-state index in [1.807, 2.05) is 18.2 Å². The van der Waals surface area contributed by atoms with Crippen molar-refractivity contribution in [3.05, 3.63) is 53.3 Å². The summed E-state index contributed by atoms with van der Waals surface area (Å²) in [5, 5.41) is 3.20. The lowest BCUT2D eigenvalue weighted by molar-refractivity contribution is 0.101. The second kappa shape index (κ2) is 6.79. The Kier molecular flexibility index (Phi) is 4.59. The van der Waals surface area contributed by atoms with Crippen LogP contribution in [0.4, 0.5) is 5.69 Å². The van der Waals surface area contributed by atoms with Crippen molar-refractivity contribution in [3.63, 3.8) is 0 Å². The molecule has 1 saturated carbocycles. The van der Waals surface area contributed by atoms with Gasteiger partial charge in [-0.25, -0.2) is 4.98 Å². The molecule has 1 N–H and O–H groups in total. The Morgan fingerprint density at radius 3 is 2.68 bits per heavy atom. The second-order valence-corrected chi connectivity index (χ2v) is 5.73. The van der Waals surface area contributed by atoms with E-state index >= 15 is 0 Å². The van der Waals surface area contributed by atoms with Crippen molar-refractivity contribution in [2.75, 3.05) is 5.32 Å². The van der Waals surface area contributed by atoms with Crippen molar-refractivity contribution in [2.24, 2.45) is 0 Å². The van der Waals surface area contributed by atoms with Crippen LogP contribution in [0.5, 0.6) is 5.75 Å². The number of carbonyl (C=O) groups is 1. The molecule has 3 rings (SSSR count). The molecular formula is C17H17ClN2O2. The van der Waals surface area contributed by atoms with Crippen molar-refractivity contribution in [1.29, 1.82) is 0 Å². The molecule has 0 atom stereocenters. The number of pyridine rings is 1. The summed E-state index contributed by atoms with van der Waals surface area (Å²) in [7, 11) is 0. The van der Waals surface area contributed by atoms with Crippen molar-refractivity contribution >= 4 is 23.2 Å². The fraction of sp³-hybridized carbons (Fsp3) is 0.294. The smallest absolute Gasteiger partial charge is 0.259 e. The molecule has 0 saturated heterocycles. The van der Waals surface area contributed by atoms with Crippen molar-refractivity contribution in [1.82, 2.24) is 4.98 Å². The van der Waals surface area contributed by atoms with E-state index in [4.69, 9.17) is 16.3 Å². The summed E-state index contributed by atoms with van der Waals surface area (Å²) in [6.07, 6.45) is 6.23. The molecule has 1 amide bonds. The Bertz CT molecular complexity index is 652. The first-order valence-corrected chi connectivity index (χ1v) is 7.79. The van der Waals surface area contributed by atoms with Crippen LogP contribution >= 0.6 is 11.6 Å². The van der Waals surface area contributed by atoms with Gasteiger partial charge in [0.2, 0.25) is 0 Å². The van der Waals surface area contributed by atoms with Crippen LogP contribution in [-0.4, -0.2) is 17.0 Å². The Hall–Kier alpha value is -2.07. The molecule has 0 bridgehead atoms. The number of rotatable bonds is 4. The van der Waals surface area contributed by atoms with Crippen LogP contribution in [0, 0.1) is 0 Å². The van der Waals surface area contributed by atoms with E-state index in [9.17, 15) is 4.79 Å². The fourth-order valence-electron chi connectivity index (χ4n) is 2.59. The van der Waals surface area contributed by atoms with Gasteiger partial charge in [-0.05, 0) is 49.9 Å². The fourth-order valence-corrected chi connectivity index (χ4v) is 2.70. The van der Waals surface area contributed by atoms with Crippen LogP contribution in [0.3, 0.4) is 0 Å². The van der Waals surface area contributed by atoms with Crippen LogP contribution in [0.15, 0.2) is 42.6 Å². The summed E-state index contributed by atoms with van der Waals surface area (Å²) in [5.74, 6) is 0.423. The Labute approximate surface area is 134 Å². The Morgan fingerprint density at radius 1 is 1.18 bits per heavy atom. The minimum atomic E-state index is -0.210. The molecule has 0 radical (unpaired) electrons. The summed E-state index contributed by atoms with van der Waals surface area (Å²) in [6, 6.07) is 10.7. The van der Waals surface area contributed by atoms with Crippen LogP contribution in [0.25, 0.3) is 0 Å². The number of hydrogen-bond donors (Lipinski definition) is 1. The van der Waals surface area contributed by atoms with Gasteiger partial charge in [-0.15, -0.1) is 0 Å². The zero-order valence-electron chi connectivity index (χ0n) is 12.1. The Morgan fingerprint density at radius 2 is 1.95 bits per heavy atom. The van der Waals surface area contributed by atoms with E-state index in [-0.39, 0.29) is 12.0 Å². The highest BCUT2D eigenvalue weighted by Crippen LogP contribution is 2.27. The van der Waals surface area contributed by atoms with E-state index in [0.717, 1.165) is 12.8 Å². The SMILES string of the molecule is O=C(Nc1ccc(Cl)nc1)c1ccccc1OC1CCCC1. The summed E-state index contributed by atoms with van der Waals surface area (Å²) < 4.78 is 5.99. The first-order chi connectivity index (χ1) is 10.7. The number of hydrogen-bond acceptors (Lipinski definition) is 3. The second-order valence-electron chi connectivity index (χ2n) is 5.34. The van der Waals surface area contributed by atoms with E-state index in [1.54, 1.807) is 18.2 Å². The van der Waals surface area contributed by atoms with Gasteiger partial charge in [0, 0.05) is 0 Å². The molecule has 114 valence electrons. The van der Waals surface area contributed by atoms with Gasteiger partial charge in [0.1, 0.15) is 10.9 Å². The Balaban J connectivity index is 1.75. The van der Waals surface area contributed by atoms with Crippen LogP contribution in [-0.2, 0) is 0 Å². The lowest BCUT2D eigenvalue weighted by Gasteiger charge is -2.16. The number of amides is 1. The number of ether oxygens (including phenoxy) is 1. The average Bonchev–Trinajstić information content (AvgIpc) is 3.03. The van der Waals surface area contributed by atoms with E-state index < -0.39 is 0 Å². The van der Waals surface area contributed by atoms with E-state index in [2.05, 4.69) is 10.3 Å². The molecule has 1 aliphatic rings. The summed E-state index contributed by atoms with van der Waals surface area (Å²) in [4.78, 5) is 16.4. The quantitative estimate of drug-likeness (QED) is 0.855. The van der Waals surface area contributed by atoms with Gasteiger partial charge in [0.05, 0.1) is 23.6 Å². The van der Waals surface area contributed by atoms with Crippen molar-refractivity contribution < 1.29 is 9.53 Å².